The van der Waals surface area contributed by atoms with Crippen molar-refractivity contribution in [2.24, 2.45) is 5.92 Å². The lowest BCUT2D eigenvalue weighted by molar-refractivity contribution is -0.117. The monoisotopic (exact) mass is 379 g/mol. The molecule has 0 radical (unpaired) electrons. The van der Waals surface area contributed by atoms with E-state index in [-0.39, 0.29) is 5.91 Å². The molecule has 148 valence electrons. The molecule has 5 heteroatoms. The summed E-state index contributed by atoms with van der Waals surface area (Å²) in [6.45, 7) is 8.71. The maximum Gasteiger partial charge on any atom is 0.228 e. The van der Waals surface area contributed by atoms with E-state index in [1.807, 2.05) is 12.1 Å². The number of rotatable bonds is 5. The normalized spacial score (nSPS) is 17.7. The van der Waals surface area contributed by atoms with Crippen LogP contribution in [0.3, 0.4) is 0 Å². The minimum absolute atomic E-state index is 0.151. The van der Waals surface area contributed by atoms with Crippen LogP contribution in [0.1, 0.15) is 37.8 Å². The minimum Gasteiger partial charge on any atom is -0.456 e. The molecule has 0 aliphatic carbocycles. The number of fused-ring (bicyclic) bond motifs is 1. The number of aromatic nitrogens is 1. The molecule has 4 rings (SSSR count). The van der Waals surface area contributed by atoms with Crippen LogP contribution in [0.25, 0.3) is 0 Å². The van der Waals surface area contributed by atoms with E-state index < -0.39 is 0 Å². The number of anilines is 1. The van der Waals surface area contributed by atoms with Crippen molar-refractivity contribution in [2.75, 3.05) is 31.1 Å². The maximum atomic E-state index is 11.8. The molecule has 0 N–H and O–H groups in total. The van der Waals surface area contributed by atoms with Crippen LogP contribution in [-0.4, -0.2) is 42.0 Å². The van der Waals surface area contributed by atoms with Gasteiger partial charge >= 0.3 is 0 Å². The summed E-state index contributed by atoms with van der Waals surface area (Å²) in [5.74, 6) is 3.11. The Morgan fingerprint density at radius 2 is 1.79 bits per heavy atom. The summed E-state index contributed by atoms with van der Waals surface area (Å²) in [6.07, 6.45) is 5.39. The first kappa shape index (κ1) is 18.9. The quantitative estimate of drug-likeness (QED) is 0.786. The van der Waals surface area contributed by atoms with E-state index in [0.29, 0.717) is 23.9 Å². The molecule has 1 fully saturated rings. The summed E-state index contributed by atoms with van der Waals surface area (Å²) < 4.78 is 6.04. The zero-order valence-electron chi connectivity index (χ0n) is 16.9. The molecule has 2 aliphatic rings. The fourth-order valence-corrected chi connectivity index (χ4v) is 4.13. The highest BCUT2D eigenvalue weighted by molar-refractivity contribution is 5.94. The van der Waals surface area contributed by atoms with Crippen LogP contribution >= 0.6 is 0 Å². The van der Waals surface area contributed by atoms with E-state index in [0.717, 1.165) is 51.2 Å². The molecule has 0 spiro atoms. The topological polar surface area (TPSA) is 45.7 Å². The third kappa shape index (κ3) is 4.36. The molecule has 2 aromatic rings. The number of amides is 1. The molecule has 0 atom stereocenters. The number of hydrogen-bond acceptors (Lipinski definition) is 4. The third-order valence-corrected chi connectivity index (χ3v) is 5.50. The zero-order valence-corrected chi connectivity index (χ0v) is 16.9. The Bertz CT molecular complexity index is 832. The molecule has 1 amide bonds. The van der Waals surface area contributed by atoms with Crippen molar-refractivity contribution in [3.8, 4) is 11.5 Å². The second-order valence-electron chi connectivity index (χ2n) is 8.23. The summed E-state index contributed by atoms with van der Waals surface area (Å²) in [5, 5.41) is 0. The summed E-state index contributed by atoms with van der Waals surface area (Å²) in [6, 6.07) is 10.2. The number of hydrogen-bond donors (Lipinski definition) is 0. The van der Waals surface area contributed by atoms with Crippen molar-refractivity contribution in [3.63, 3.8) is 0 Å². The molecule has 0 saturated carbocycles. The van der Waals surface area contributed by atoms with Crippen molar-refractivity contribution in [2.45, 2.75) is 39.5 Å². The second-order valence-corrected chi connectivity index (χ2v) is 8.23. The van der Waals surface area contributed by atoms with Gasteiger partial charge in [-0.1, -0.05) is 19.9 Å². The highest BCUT2D eigenvalue weighted by atomic mass is 16.5. The molecular formula is C23H29N3O2. The fourth-order valence-electron chi connectivity index (χ4n) is 4.13. The predicted molar refractivity (Wildman–Crippen MR) is 111 cm³/mol. The summed E-state index contributed by atoms with van der Waals surface area (Å²) in [5.41, 5.74) is 2.82. The number of pyridine rings is 1. The number of nitrogens with zero attached hydrogens (tertiary/aromatic N) is 3. The van der Waals surface area contributed by atoms with Gasteiger partial charge in [0.25, 0.3) is 0 Å². The van der Waals surface area contributed by atoms with Crippen molar-refractivity contribution in [1.82, 2.24) is 9.88 Å². The van der Waals surface area contributed by atoms with Crippen molar-refractivity contribution < 1.29 is 9.53 Å². The van der Waals surface area contributed by atoms with Crippen LogP contribution in [0.2, 0.25) is 0 Å². The Hall–Kier alpha value is -2.40. The van der Waals surface area contributed by atoms with E-state index in [4.69, 9.17) is 4.74 Å². The first-order valence-electron chi connectivity index (χ1n) is 10.4. The maximum absolute atomic E-state index is 11.8. The van der Waals surface area contributed by atoms with E-state index in [2.05, 4.69) is 41.9 Å². The Morgan fingerprint density at radius 3 is 2.46 bits per heavy atom. The first-order chi connectivity index (χ1) is 13.6. The van der Waals surface area contributed by atoms with Gasteiger partial charge in [-0.15, -0.1) is 0 Å². The SMILES string of the molecule is CC(C)CN1CCc2ccc(Oc3ccc(N4CCCC4=O)nc3)cc2CC1. The van der Waals surface area contributed by atoms with Gasteiger partial charge in [0.05, 0.1) is 6.20 Å². The molecule has 3 heterocycles. The highest BCUT2D eigenvalue weighted by Gasteiger charge is 2.22. The summed E-state index contributed by atoms with van der Waals surface area (Å²) in [7, 11) is 0. The van der Waals surface area contributed by atoms with Crippen LogP contribution in [0.4, 0.5) is 5.82 Å². The van der Waals surface area contributed by atoms with Crippen LogP contribution in [0.5, 0.6) is 11.5 Å². The van der Waals surface area contributed by atoms with Crippen molar-refractivity contribution in [1.29, 1.82) is 0 Å². The standard InChI is InChI=1S/C23H29N3O2/c1-17(2)16-25-12-9-18-5-6-20(14-19(18)10-13-25)28-21-7-8-22(24-15-21)26-11-3-4-23(26)27/h5-8,14-15,17H,3-4,9-13,16H2,1-2H3. The molecule has 5 nitrogen and oxygen atoms in total. The Balaban J connectivity index is 1.42. The summed E-state index contributed by atoms with van der Waals surface area (Å²) in [4.78, 5) is 20.6. The van der Waals surface area contributed by atoms with E-state index in [9.17, 15) is 4.79 Å². The smallest absolute Gasteiger partial charge is 0.228 e. The van der Waals surface area contributed by atoms with E-state index in [1.165, 1.54) is 11.1 Å². The highest BCUT2D eigenvalue weighted by Crippen LogP contribution is 2.27. The fraction of sp³-hybridized carbons (Fsp3) is 0.478. The van der Waals surface area contributed by atoms with Gasteiger partial charge in [-0.05, 0) is 60.6 Å². The molecule has 0 unspecified atom stereocenters. The van der Waals surface area contributed by atoms with Crippen LogP contribution in [0, 0.1) is 5.92 Å². The lowest BCUT2D eigenvalue weighted by Gasteiger charge is -2.21. The molecule has 28 heavy (non-hydrogen) atoms. The largest absolute Gasteiger partial charge is 0.456 e. The lowest BCUT2D eigenvalue weighted by atomic mass is 10.0. The predicted octanol–water partition coefficient (Wildman–Crippen LogP) is 4.06. The second kappa shape index (κ2) is 8.31. The van der Waals surface area contributed by atoms with Crippen molar-refractivity contribution in [3.05, 3.63) is 47.7 Å². The third-order valence-electron chi connectivity index (χ3n) is 5.50. The minimum atomic E-state index is 0.151. The molecule has 1 saturated heterocycles. The van der Waals surface area contributed by atoms with Gasteiger partial charge in [-0.25, -0.2) is 4.98 Å². The number of carbonyl (C=O) groups is 1. The molecular weight excluding hydrogens is 350 g/mol. The van der Waals surface area contributed by atoms with E-state index in [1.54, 1.807) is 11.1 Å². The lowest BCUT2D eigenvalue weighted by Crippen LogP contribution is -2.30. The van der Waals surface area contributed by atoms with E-state index >= 15 is 0 Å². The number of carbonyl (C=O) groups excluding carboxylic acids is 1. The first-order valence-corrected chi connectivity index (χ1v) is 10.4. The van der Waals surface area contributed by atoms with Gasteiger partial charge in [0, 0.05) is 32.6 Å². The van der Waals surface area contributed by atoms with Gasteiger partial charge in [-0.3, -0.25) is 9.69 Å². The number of ether oxygens (including phenoxy) is 1. The molecule has 0 bridgehead atoms. The average molecular weight is 380 g/mol. The zero-order chi connectivity index (χ0) is 19.5. The molecule has 1 aromatic heterocycles. The van der Waals surface area contributed by atoms with Crippen LogP contribution < -0.4 is 9.64 Å². The van der Waals surface area contributed by atoms with Gasteiger partial charge in [0.1, 0.15) is 17.3 Å². The van der Waals surface area contributed by atoms with Crippen molar-refractivity contribution >= 4 is 11.7 Å². The van der Waals surface area contributed by atoms with Crippen LogP contribution in [0.15, 0.2) is 36.5 Å². The average Bonchev–Trinajstić information content (AvgIpc) is 3.01. The Kier molecular flexibility index (Phi) is 5.62. The summed E-state index contributed by atoms with van der Waals surface area (Å²) >= 11 is 0. The number of benzene rings is 1. The Labute approximate surface area is 167 Å². The Morgan fingerprint density at radius 1 is 1.00 bits per heavy atom. The van der Waals surface area contributed by atoms with Gasteiger partial charge in [0.15, 0.2) is 0 Å². The van der Waals surface area contributed by atoms with Gasteiger partial charge in [0.2, 0.25) is 5.91 Å². The molecule has 1 aromatic carbocycles. The van der Waals surface area contributed by atoms with Crippen LogP contribution in [-0.2, 0) is 17.6 Å². The van der Waals surface area contributed by atoms with Gasteiger partial charge in [-0.2, -0.15) is 0 Å². The van der Waals surface area contributed by atoms with Gasteiger partial charge < -0.3 is 9.64 Å². The molecule has 2 aliphatic heterocycles.